The van der Waals surface area contributed by atoms with Crippen LogP contribution in [0.4, 0.5) is 0 Å². The van der Waals surface area contributed by atoms with Gasteiger partial charge in [0.05, 0.1) is 11.0 Å². The van der Waals surface area contributed by atoms with E-state index in [1.807, 2.05) is 35.9 Å². The summed E-state index contributed by atoms with van der Waals surface area (Å²) in [5.41, 5.74) is 2.15. The maximum Gasteiger partial charge on any atom is 0.110 e. The number of hydrogen-bond acceptors (Lipinski definition) is 1. The molecule has 0 saturated carbocycles. The van der Waals surface area contributed by atoms with Gasteiger partial charge in [0.1, 0.15) is 5.82 Å². The Morgan fingerprint density at radius 1 is 1.36 bits per heavy atom. The standard InChI is InChI=1S/C9H9N2/c1-7-10-8-5-3-4-6-9(8)11(7)2/h3-6H,1H2,2H3. The number of aromatic nitrogens is 2. The van der Waals surface area contributed by atoms with Crippen LogP contribution in [0.3, 0.4) is 0 Å². The van der Waals surface area contributed by atoms with Crippen LogP contribution in [-0.2, 0) is 7.05 Å². The second-order valence-corrected chi connectivity index (χ2v) is 2.58. The third-order valence-corrected chi connectivity index (χ3v) is 1.88. The molecule has 0 aliphatic heterocycles. The highest BCUT2D eigenvalue weighted by atomic mass is 15.0. The first-order valence-corrected chi connectivity index (χ1v) is 3.52. The van der Waals surface area contributed by atoms with Crippen LogP contribution in [0.25, 0.3) is 11.0 Å². The molecule has 0 atom stereocenters. The van der Waals surface area contributed by atoms with Gasteiger partial charge in [-0.3, -0.25) is 0 Å². The molecular formula is C9H9N2. The summed E-state index contributed by atoms with van der Waals surface area (Å²) in [6, 6.07) is 8.01. The Bertz CT molecular complexity index is 387. The summed E-state index contributed by atoms with van der Waals surface area (Å²) in [5.74, 6) is 0.811. The zero-order valence-electron chi connectivity index (χ0n) is 6.41. The van der Waals surface area contributed by atoms with E-state index in [0.29, 0.717) is 0 Å². The van der Waals surface area contributed by atoms with E-state index in [2.05, 4.69) is 11.9 Å². The number of aryl methyl sites for hydroxylation is 1. The quantitative estimate of drug-likeness (QED) is 0.552. The molecule has 2 heteroatoms. The maximum absolute atomic E-state index is 4.26. The monoisotopic (exact) mass is 145 g/mol. The summed E-state index contributed by atoms with van der Waals surface area (Å²) in [6.07, 6.45) is 0. The summed E-state index contributed by atoms with van der Waals surface area (Å²) in [5, 5.41) is 0. The summed E-state index contributed by atoms with van der Waals surface area (Å²) in [6.45, 7) is 3.81. The Labute approximate surface area is 65.5 Å². The van der Waals surface area contributed by atoms with Crippen molar-refractivity contribution in [1.82, 2.24) is 9.55 Å². The van der Waals surface area contributed by atoms with Crippen LogP contribution >= 0.6 is 0 Å². The number of para-hydroxylation sites is 2. The van der Waals surface area contributed by atoms with E-state index in [9.17, 15) is 0 Å². The van der Waals surface area contributed by atoms with Crippen molar-refractivity contribution in [1.29, 1.82) is 0 Å². The molecule has 0 aliphatic carbocycles. The van der Waals surface area contributed by atoms with Crippen molar-refractivity contribution in [3.63, 3.8) is 0 Å². The average Bonchev–Trinajstić information content (AvgIpc) is 2.30. The second kappa shape index (κ2) is 2.09. The highest BCUT2D eigenvalue weighted by Crippen LogP contribution is 2.12. The van der Waals surface area contributed by atoms with Gasteiger partial charge in [0, 0.05) is 14.0 Å². The molecule has 0 aliphatic rings. The van der Waals surface area contributed by atoms with Gasteiger partial charge in [0.2, 0.25) is 0 Å². The van der Waals surface area contributed by atoms with Crippen LogP contribution in [0.5, 0.6) is 0 Å². The lowest BCUT2D eigenvalue weighted by molar-refractivity contribution is 0.916. The van der Waals surface area contributed by atoms with E-state index >= 15 is 0 Å². The van der Waals surface area contributed by atoms with Gasteiger partial charge in [-0.2, -0.15) is 0 Å². The van der Waals surface area contributed by atoms with Gasteiger partial charge in [-0.05, 0) is 12.1 Å². The van der Waals surface area contributed by atoms with Gasteiger partial charge in [-0.15, -0.1) is 0 Å². The number of hydrogen-bond donors (Lipinski definition) is 0. The van der Waals surface area contributed by atoms with Crippen molar-refractivity contribution in [2.45, 2.75) is 0 Å². The fraction of sp³-hybridized carbons (Fsp3) is 0.111. The molecule has 11 heavy (non-hydrogen) atoms. The largest absolute Gasteiger partial charge is 0.331 e. The molecule has 55 valence electrons. The molecule has 0 N–H and O–H groups in total. The zero-order chi connectivity index (χ0) is 7.84. The van der Waals surface area contributed by atoms with Crippen molar-refractivity contribution in [3.05, 3.63) is 37.0 Å². The smallest absolute Gasteiger partial charge is 0.110 e. The number of benzene rings is 1. The molecule has 0 saturated heterocycles. The molecule has 0 unspecified atom stereocenters. The number of fused-ring (bicyclic) bond motifs is 1. The summed E-state index contributed by atoms with van der Waals surface area (Å²) < 4.78 is 1.98. The number of nitrogens with zero attached hydrogens (tertiary/aromatic N) is 2. The number of imidazole rings is 1. The third-order valence-electron chi connectivity index (χ3n) is 1.88. The third kappa shape index (κ3) is 0.827. The molecule has 1 aromatic carbocycles. The van der Waals surface area contributed by atoms with Crippen LogP contribution < -0.4 is 0 Å². The minimum Gasteiger partial charge on any atom is -0.331 e. The van der Waals surface area contributed by atoms with Crippen molar-refractivity contribution >= 4 is 11.0 Å². The van der Waals surface area contributed by atoms with Gasteiger partial charge in [-0.1, -0.05) is 12.1 Å². The molecule has 1 aromatic heterocycles. The van der Waals surface area contributed by atoms with Crippen molar-refractivity contribution in [2.75, 3.05) is 0 Å². The molecule has 0 spiro atoms. The van der Waals surface area contributed by atoms with Crippen LogP contribution in [0, 0.1) is 6.92 Å². The van der Waals surface area contributed by atoms with Gasteiger partial charge in [-0.25, -0.2) is 4.98 Å². The molecule has 0 fully saturated rings. The van der Waals surface area contributed by atoms with E-state index in [4.69, 9.17) is 0 Å². The molecule has 2 rings (SSSR count). The summed E-state index contributed by atoms with van der Waals surface area (Å²) >= 11 is 0. The van der Waals surface area contributed by atoms with E-state index in [-0.39, 0.29) is 0 Å². The Hall–Kier alpha value is -1.31. The van der Waals surface area contributed by atoms with Crippen molar-refractivity contribution in [3.8, 4) is 0 Å². The molecule has 2 aromatic rings. The van der Waals surface area contributed by atoms with Gasteiger partial charge >= 0.3 is 0 Å². The maximum atomic E-state index is 4.26. The predicted molar refractivity (Wildman–Crippen MR) is 45.2 cm³/mol. The highest BCUT2D eigenvalue weighted by Gasteiger charge is 2.00. The molecular weight excluding hydrogens is 136 g/mol. The molecule has 0 amide bonds. The van der Waals surface area contributed by atoms with Crippen LogP contribution in [0.1, 0.15) is 5.82 Å². The Kier molecular flexibility index (Phi) is 1.22. The van der Waals surface area contributed by atoms with Crippen molar-refractivity contribution < 1.29 is 0 Å². The Balaban J connectivity index is 2.92. The van der Waals surface area contributed by atoms with Crippen LogP contribution in [0.15, 0.2) is 24.3 Å². The molecule has 1 radical (unpaired) electrons. The van der Waals surface area contributed by atoms with E-state index in [1.54, 1.807) is 0 Å². The SMILES string of the molecule is [CH2]c1nc2ccccc2n1C. The lowest BCUT2D eigenvalue weighted by atomic mass is 10.3. The fourth-order valence-electron chi connectivity index (χ4n) is 1.20. The van der Waals surface area contributed by atoms with E-state index in [0.717, 1.165) is 16.9 Å². The van der Waals surface area contributed by atoms with Gasteiger partial charge in [0.25, 0.3) is 0 Å². The topological polar surface area (TPSA) is 17.8 Å². The van der Waals surface area contributed by atoms with Gasteiger partial charge < -0.3 is 4.57 Å². The Morgan fingerprint density at radius 3 is 2.82 bits per heavy atom. The average molecular weight is 145 g/mol. The summed E-state index contributed by atoms with van der Waals surface area (Å²) in [7, 11) is 1.97. The van der Waals surface area contributed by atoms with Crippen LogP contribution in [0.2, 0.25) is 0 Å². The lowest BCUT2D eigenvalue weighted by Gasteiger charge is -1.93. The van der Waals surface area contributed by atoms with E-state index in [1.165, 1.54) is 0 Å². The lowest BCUT2D eigenvalue weighted by Crippen LogP contribution is -1.89. The van der Waals surface area contributed by atoms with Crippen molar-refractivity contribution in [2.24, 2.45) is 7.05 Å². The molecule has 2 nitrogen and oxygen atoms in total. The highest BCUT2D eigenvalue weighted by molar-refractivity contribution is 5.75. The van der Waals surface area contributed by atoms with E-state index < -0.39 is 0 Å². The minimum absolute atomic E-state index is 0.811. The fourth-order valence-corrected chi connectivity index (χ4v) is 1.20. The van der Waals surface area contributed by atoms with Crippen LogP contribution in [-0.4, -0.2) is 9.55 Å². The first kappa shape index (κ1) is 6.40. The normalized spacial score (nSPS) is 10.7. The zero-order valence-corrected chi connectivity index (χ0v) is 6.41. The van der Waals surface area contributed by atoms with Gasteiger partial charge in [0.15, 0.2) is 0 Å². The molecule has 0 bridgehead atoms. The minimum atomic E-state index is 0.811. The second-order valence-electron chi connectivity index (χ2n) is 2.58. The first-order chi connectivity index (χ1) is 5.29. The first-order valence-electron chi connectivity index (χ1n) is 3.52. The summed E-state index contributed by atoms with van der Waals surface area (Å²) in [4.78, 5) is 4.26. The molecule has 1 heterocycles. The number of rotatable bonds is 0. The predicted octanol–water partition coefficient (Wildman–Crippen LogP) is 1.76. The Morgan fingerprint density at radius 2 is 2.09 bits per heavy atom.